The van der Waals surface area contributed by atoms with Crippen LogP contribution in [0.1, 0.15) is 18.9 Å². The zero-order valence-corrected chi connectivity index (χ0v) is 12.0. The first-order valence-electron chi connectivity index (χ1n) is 7.10. The predicted octanol–water partition coefficient (Wildman–Crippen LogP) is 2.97. The minimum absolute atomic E-state index is 0.0144. The summed E-state index contributed by atoms with van der Waals surface area (Å²) in [7, 11) is 0. The summed E-state index contributed by atoms with van der Waals surface area (Å²) in [6.45, 7) is 2.47. The largest absolute Gasteiger partial charge is 0.478 e. The molecular weight excluding hydrogens is 264 g/mol. The molecule has 1 atom stereocenters. The van der Waals surface area contributed by atoms with Crippen molar-refractivity contribution in [3.05, 3.63) is 54.1 Å². The molecule has 0 saturated carbocycles. The molecule has 0 saturated heterocycles. The van der Waals surface area contributed by atoms with Gasteiger partial charge in [-0.05, 0) is 30.2 Å². The zero-order chi connectivity index (χ0) is 14.8. The lowest BCUT2D eigenvalue weighted by Crippen LogP contribution is -2.45. The third-order valence-electron chi connectivity index (χ3n) is 3.64. The Morgan fingerprint density at radius 2 is 1.95 bits per heavy atom. The second-order valence-electron chi connectivity index (χ2n) is 5.15. The van der Waals surface area contributed by atoms with Crippen molar-refractivity contribution < 1.29 is 9.53 Å². The van der Waals surface area contributed by atoms with E-state index in [1.54, 1.807) is 17.0 Å². The van der Waals surface area contributed by atoms with E-state index in [1.807, 2.05) is 43.3 Å². The summed E-state index contributed by atoms with van der Waals surface area (Å²) in [5.74, 6) is 0.700. The van der Waals surface area contributed by atoms with Crippen LogP contribution in [-0.4, -0.2) is 12.0 Å². The first-order valence-corrected chi connectivity index (χ1v) is 7.10. The number of nitrogen functional groups attached to an aromatic ring is 1. The van der Waals surface area contributed by atoms with Gasteiger partial charge in [-0.25, -0.2) is 0 Å². The number of nitrogens with zero attached hydrogens (tertiary/aromatic N) is 1. The third-order valence-corrected chi connectivity index (χ3v) is 3.64. The van der Waals surface area contributed by atoms with Gasteiger partial charge in [0, 0.05) is 5.69 Å². The van der Waals surface area contributed by atoms with Crippen LogP contribution in [0.25, 0.3) is 0 Å². The van der Waals surface area contributed by atoms with E-state index in [9.17, 15) is 4.79 Å². The molecule has 3 rings (SSSR count). The van der Waals surface area contributed by atoms with E-state index >= 15 is 0 Å². The number of hydrogen-bond donors (Lipinski definition) is 1. The molecule has 4 heteroatoms. The molecule has 2 aromatic carbocycles. The number of nitrogens with two attached hydrogens (primary N) is 1. The summed E-state index contributed by atoms with van der Waals surface area (Å²) in [5.41, 5.74) is 8.30. The van der Waals surface area contributed by atoms with Crippen LogP contribution >= 0.6 is 0 Å². The van der Waals surface area contributed by atoms with Gasteiger partial charge in [-0.3, -0.25) is 4.79 Å². The lowest BCUT2D eigenvalue weighted by atomic mass is 10.1. The van der Waals surface area contributed by atoms with Crippen molar-refractivity contribution in [1.29, 1.82) is 0 Å². The summed E-state index contributed by atoms with van der Waals surface area (Å²) in [4.78, 5) is 14.4. The molecule has 2 N–H and O–H groups in total. The van der Waals surface area contributed by atoms with Gasteiger partial charge in [-0.2, -0.15) is 0 Å². The maximum absolute atomic E-state index is 12.6. The predicted molar refractivity (Wildman–Crippen MR) is 83.2 cm³/mol. The first kappa shape index (κ1) is 13.5. The van der Waals surface area contributed by atoms with Crippen LogP contribution in [0.3, 0.4) is 0 Å². The minimum atomic E-state index is -0.426. The SMILES string of the molecule is CCC1Oc2ccc(N)cc2N(Cc2ccccc2)C1=O. The highest BCUT2D eigenvalue weighted by molar-refractivity contribution is 6.00. The van der Waals surface area contributed by atoms with Gasteiger partial charge in [0.25, 0.3) is 5.91 Å². The Hall–Kier alpha value is -2.49. The smallest absolute Gasteiger partial charge is 0.268 e. The van der Waals surface area contributed by atoms with Gasteiger partial charge in [0.2, 0.25) is 0 Å². The van der Waals surface area contributed by atoms with Crippen LogP contribution in [0.2, 0.25) is 0 Å². The van der Waals surface area contributed by atoms with Crippen LogP contribution in [0.15, 0.2) is 48.5 Å². The van der Waals surface area contributed by atoms with Crippen molar-refractivity contribution in [3.63, 3.8) is 0 Å². The summed E-state index contributed by atoms with van der Waals surface area (Å²) in [6, 6.07) is 15.3. The summed E-state index contributed by atoms with van der Waals surface area (Å²) >= 11 is 0. The molecule has 108 valence electrons. The number of amides is 1. The Balaban J connectivity index is 2.00. The van der Waals surface area contributed by atoms with Gasteiger partial charge in [0.05, 0.1) is 12.2 Å². The average molecular weight is 282 g/mol. The highest BCUT2D eigenvalue weighted by atomic mass is 16.5. The molecule has 0 bridgehead atoms. The van der Waals surface area contributed by atoms with Crippen molar-refractivity contribution in [2.75, 3.05) is 10.6 Å². The quantitative estimate of drug-likeness (QED) is 0.881. The topological polar surface area (TPSA) is 55.6 Å². The standard InChI is InChI=1S/C17H18N2O2/c1-2-15-17(20)19(11-12-6-4-3-5-7-12)14-10-13(18)8-9-16(14)21-15/h3-10,15H,2,11,18H2,1H3. The molecular formula is C17H18N2O2. The van der Waals surface area contributed by atoms with Gasteiger partial charge in [0.1, 0.15) is 5.75 Å². The molecule has 21 heavy (non-hydrogen) atoms. The molecule has 0 aromatic heterocycles. The van der Waals surface area contributed by atoms with Crippen LogP contribution in [0.5, 0.6) is 5.75 Å². The molecule has 1 aliphatic heterocycles. The van der Waals surface area contributed by atoms with Gasteiger partial charge in [-0.15, -0.1) is 0 Å². The highest BCUT2D eigenvalue weighted by Crippen LogP contribution is 2.37. The Bertz CT molecular complexity index is 655. The van der Waals surface area contributed by atoms with Crippen molar-refractivity contribution in [2.45, 2.75) is 26.0 Å². The molecule has 0 aliphatic carbocycles. The third kappa shape index (κ3) is 2.57. The lowest BCUT2D eigenvalue weighted by Gasteiger charge is -2.34. The van der Waals surface area contributed by atoms with Crippen molar-refractivity contribution in [1.82, 2.24) is 0 Å². The van der Waals surface area contributed by atoms with E-state index in [4.69, 9.17) is 10.5 Å². The Kier molecular flexibility index (Phi) is 3.52. The Morgan fingerprint density at radius 1 is 1.19 bits per heavy atom. The highest BCUT2D eigenvalue weighted by Gasteiger charge is 2.33. The second-order valence-corrected chi connectivity index (χ2v) is 5.15. The summed E-state index contributed by atoms with van der Waals surface area (Å²) in [5, 5.41) is 0. The fourth-order valence-electron chi connectivity index (χ4n) is 2.53. The maximum Gasteiger partial charge on any atom is 0.268 e. The first-order chi connectivity index (χ1) is 10.2. The van der Waals surface area contributed by atoms with Crippen LogP contribution in [0.4, 0.5) is 11.4 Å². The zero-order valence-electron chi connectivity index (χ0n) is 12.0. The number of fused-ring (bicyclic) bond motifs is 1. The van der Waals surface area contributed by atoms with Crippen molar-refractivity contribution in [3.8, 4) is 5.75 Å². The van der Waals surface area contributed by atoms with E-state index in [2.05, 4.69) is 0 Å². The molecule has 0 radical (unpaired) electrons. The number of hydrogen-bond acceptors (Lipinski definition) is 3. The second kappa shape index (κ2) is 5.48. The van der Waals surface area contributed by atoms with Gasteiger partial charge in [-0.1, -0.05) is 37.3 Å². The number of rotatable bonds is 3. The van der Waals surface area contributed by atoms with Gasteiger partial charge >= 0.3 is 0 Å². The summed E-state index contributed by atoms with van der Waals surface area (Å²) < 4.78 is 5.77. The fraction of sp³-hybridized carbons (Fsp3) is 0.235. The van der Waals surface area contributed by atoms with E-state index in [1.165, 1.54) is 0 Å². The molecule has 1 unspecified atom stereocenters. The van der Waals surface area contributed by atoms with Gasteiger partial charge in [0.15, 0.2) is 6.10 Å². The molecule has 0 spiro atoms. The van der Waals surface area contributed by atoms with Crippen LogP contribution in [0, 0.1) is 0 Å². The van der Waals surface area contributed by atoms with E-state index in [0.29, 0.717) is 24.4 Å². The molecule has 2 aromatic rings. The minimum Gasteiger partial charge on any atom is -0.478 e. The van der Waals surface area contributed by atoms with Crippen LogP contribution in [-0.2, 0) is 11.3 Å². The Labute approximate surface area is 124 Å². The average Bonchev–Trinajstić information content (AvgIpc) is 2.51. The molecule has 1 heterocycles. The monoisotopic (exact) mass is 282 g/mol. The van der Waals surface area contributed by atoms with Crippen molar-refractivity contribution >= 4 is 17.3 Å². The number of benzene rings is 2. The molecule has 4 nitrogen and oxygen atoms in total. The molecule has 1 amide bonds. The maximum atomic E-state index is 12.6. The Morgan fingerprint density at radius 3 is 2.67 bits per heavy atom. The number of carbonyl (C=O) groups is 1. The van der Waals surface area contributed by atoms with Crippen molar-refractivity contribution in [2.24, 2.45) is 0 Å². The lowest BCUT2D eigenvalue weighted by molar-refractivity contribution is -0.126. The fourth-order valence-corrected chi connectivity index (χ4v) is 2.53. The number of anilines is 2. The van der Waals surface area contributed by atoms with E-state index < -0.39 is 6.10 Å². The number of ether oxygens (including phenoxy) is 1. The van der Waals surface area contributed by atoms with E-state index in [0.717, 1.165) is 11.3 Å². The molecule has 1 aliphatic rings. The normalized spacial score (nSPS) is 17.3. The summed E-state index contributed by atoms with van der Waals surface area (Å²) in [6.07, 6.45) is 0.221. The van der Waals surface area contributed by atoms with Gasteiger partial charge < -0.3 is 15.4 Å². The number of carbonyl (C=O) groups excluding carboxylic acids is 1. The van der Waals surface area contributed by atoms with E-state index in [-0.39, 0.29) is 5.91 Å². The molecule has 0 fully saturated rings. The van der Waals surface area contributed by atoms with Crippen LogP contribution < -0.4 is 15.4 Å².